The number of carbonyl (C=O) groups is 1. The smallest absolute Gasteiger partial charge is 0.351 e. The highest BCUT2D eigenvalue weighted by atomic mass is 19.1. The third kappa shape index (κ3) is 6.56. The van der Waals surface area contributed by atoms with E-state index < -0.39 is 5.69 Å². The zero-order chi connectivity index (χ0) is 26.9. The summed E-state index contributed by atoms with van der Waals surface area (Å²) in [4.78, 5) is 30.3. The highest BCUT2D eigenvalue weighted by Gasteiger charge is 2.19. The van der Waals surface area contributed by atoms with Crippen LogP contribution in [0.1, 0.15) is 28.5 Å². The second kappa shape index (κ2) is 12.5. The van der Waals surface area contributed by atoms with E-state index in [0.717, 1.165) is 16.7 Å². The number of rotatable bonds is 11. The van der Waals surface area contributed by atoms with Crippen LogP contribution in [-0.2, 0) is 24.4 Å². The predicted molar refractivity (Wildman–Crippen MR) is 139 cm³/mol. The van der Waals surface area contributed by atoms with Crippen LogP contribution in [0.25, 0.3) is 5.82 Å². The van der Waals surface area contributed by atoms with Crippen LogP contribution in [-0.4, -0.2) is 48.7 Å². The van der Waals surface area contributed by atoms with E-state index in [9.17, 15) is 14.0 Å². The van der Waals surface area contributed by atoms with Gasteiger partial charge in [0.1, 0.15) is 17.8 Å². The zero-order valence-electron chi connectivity index (χ0n) is 21.1. The molecule has 0 radical (unpaired) electrons. The van der Waals surface area contributed by atoms with Gasteiger partial charge in [0, 0.05) is 32.1 Å². The molecule has 0 saturated carbocycles. The molecule has 0 bridgehead atoms. The Morgan fingerprint density at radius 3 is 2.68 bits per heavy atom. The van der Waals surface area contributed by atoms with Gasteiger partial charge in [0.25, 0.3) is 5.91 Å². The lowest BCUT2D eigenvalue weighted by Gasteiger charge is -2.09. The molecule has 0 atom stereocenters. The molecule has 0 fully saturated rings. The van der Waals surface area contributed by atoms with Gasteiger partial charge in [-0.15, -0.1) is 0 Å². The molecule has 0 spiro atoms. The molecule has 1 amide bonds. The minimum Gasteiger partial charge on any atom is -0.381 e. The van der Waals surface area contributed by atoms with Crippen molar-refractivity contribution in [2.75, 3.05) is 13.7 Å². The number of aromatic nitrogens is 6. The van der Waals surface area contributed by atoms with Gasteiger partial charge in [0.15, 0.2) is 5.82 Å². The van der Waals surface area contributed by atoms with Gasteiger partial charge in [0.2, 0.25) is 0 Å². The number of nitrogens with one attached hydrogen (secondary N) is 1. The lowest BCUT2D eigenvalue weighted by atomic mass is 10.2. The molecule has 4 rings (SSSR count). The van der Waals surface area contributed by atoms with Crippen LogP contribution in [0, 0.1) is 5.82 Å². The van der Waals surface area contributed by atoms with E-state index in [1.807, 2.05) is 31.2 Å². The van der Waals surface area contributed by atoms with Crippen LogP contribution in [0.3, 0.4) is 0 Å². The number of hydrogen-bond acceptors (Lipinski definition) is 6. The zero-order valence-corrected chi connectivity index (χ0v) is 21.1. The van der Waals surface area contributed by atoms with Gasteiger partial charge in [-0.1, -0.05) is 36.4 Å². The summed E-state index contributed by atoms with van der Waals surface area (Å²) >= 11 is 0. The molecular weight excluding hydrogens is 489 g/mol. The Kier molecular flexibility index (Phi) is 8.73. The fourth-order valence-corrected chi connectivity index (χ4v) is 3.67. The van der Waals surface area contributed by atoms with Crippen LogP contribution in [0.4, 0.5) is 4.39 Å². The third-order valence-electron chi connectivity index (χ3n) is 5.70. The molecule has 0 aliphatic rings. The Morgan fingerprint density at radius 2 is 1.97 bits per heavy atom. The van der Waals surface area contributed by atoms with Gasteiger partial charge in [-0.05, 0) is 41.8 Å². The summed E-state index contributed by atoms with van der Waals surface area (Å²) in [5.74, 6) is -0.456. The molecule has 0 unspecified atom stereocenters. The van der Waals surface area contributed by atoms with E-state index in [0.29, 0.717) is 13.2 Å². The number of ether oxygens (including phenoxy) is 1. The SMILES string of the molecule is CC=C(C=CCOC)Cn1nc(-n2cnn(Cc3ccc(F)cc3)c2=O)cc1C(=O)NCc1cccnc1. The normalized spacial score (nSPS) is 11.8. The van der Waals surface area contributed by atoms with E-state index in [1.54, 1.807) is 48.5 Å². The molecule has 0 saturated heterocycles. The summed E-state index contributed by atoms with van der Waals surface area (Å²) in [5, 5.41) is 11.6. The van der Waals surface area contributed by atoms with Crippen molar-refractivity contribution in [2.45, 2.75) is 26.6 Å². The van der Waals surface area contributed by atoms with E-state index in [2.05, 4.69) is 20.5 Å². The number of hydrogen-bond donors (Lipinski definition) is 1. The van der Waals surface area contributed by atoms with Gasteiger partial charge in [-0.3, -0.25) is 14.5 Å². The fourth-order valence-electron chi connectivity index (χ4n) is 3.67. The van der Waals surface area contributed by atoms with Gasteiger partial charge >= 0.3 is 5.69 Å². The average molecular weight is 518 g/mol. The Labute approximate surface area is 218 Å². The number of carbonyl (C=O) groups excluding carboxylic acids is 1. The molecule has 3 heterocycles. The van der Waals surface area contributed by atoms with E-state index in [4.69, 9.17) is 4.74 Å². The van der Waals surface area contributed by atoms with Gasteiger partial charge in [0.05, 0.1) is 19.7 Å². The Balaban J connectivity index is 1.62. The first-order valence-corrected chi connectivity index (χ1v) is 11.9. The first-order chi connectivity index (χ1) is 18.5. The van der Waals surface area contributed by atoms with E-state index in [1.165, 1.54) is 27.7 Å². The predicted octanol–water partition coefficient (Wildman–Crippen LogP) is 2.89. The summed E-state index contributed by atoms with van der Waals surface area (Å²) in [7, 11) is 1.61. The van der Waals surface area contributed by atoms with Gasteiger partial charge in [-0.25, -0.2) is 18.4 Å². The lowest BCUT2D eigenvalue weighted by Crippen LogP contribution is -2.26. The maximum atomic E-state index is 13.2. The maximum Gasteiger partial charge on any atom is 0.351 e. The van der Waals surface area contributed by atoms with Crippen molar-refractivity contribution in [1.29, 1.82) is 0 Å². The molecule has 1 aromatic carbocycles. The van der Waals surface area contributed by atoms with Crippen LogP contribution in [0.2, 0.25) is 0 Å². The largest absolute Gasteiger partial charge is 0.381 e. The summed E-state index contributed by atoms with van der Waals surface area (Å²) in [6, 6.07) is 11.1. The van der Waals surface area contributed by atoms with Crippen molar-refractivity contribution in [2.24, 2.45) is 0 Å². The molecule has 11 heteroatoms. The molecule has 0 aliphatic heterocycles. The second-order valence-electron chi connectivity index (χ2n) is 8.38. The fraction of sp³-hybridized carbons (Fsp3) is 0.222. The number of amides is 1. The number of nitrogens with zero attached hydrogens (tertiary/aromatic N) is 6. The van der Waals surface area contributed by atoms with Crippen molar-refractivity contribution < 1.29 is 13.9 Å². The Bertz CT molecular complexity index is 1490. The minimum absolute atomic E-state index is 0.165. The Hall–Kier alpha value is -4.64. The van der Waals surface area contributed by atoms with Crippen LogP contribution < -0.4 is 11.0 Å². The number of methoxy groups -OCH3 is 1. The first-order valence-electron chi connectivity index (χ1n) is 11.9. The third-order valence-corrected chi connectivity index (χ3v) is 5.70. The highest BCUT2D eigenvalue weighted by Crippen LogP contribution is 2.13. The van der Waals surface area contributed by atoms with Crippen molar-refractivity contribution >= 4 is 5.91 Å². The summed E-state index contributed by atoms with van der Waals surface area (Å²) in [6.45, 7) is 3.09. The molecule has 3 aromatic heterocycles. The maximum absolute atomic E-state index is 13.2. The minimum atomic E-state index is -0.437. The van der Waals surface area contributed by atoms with E-state index >= 15 is 0 Å². The number of allylic oxidation sites excluding steroid dienone is 3. The number of benzene rings is 1. The van der Waals surface area contributed by atoms with Crippen LogP contribution >= 0.6 is 0 Å². The topological polar surface area (TPSA) is 109 Å². The number of halogens is 1. The van der Waals surface area contributed by atoms with Crippen LogP contribution in [0.5, 0.6) is 0 Å². The van der Waals surface area contributed by atoms with Crippen molar-refractivity contribution in [1.82, 2.24) is 34.4 Å². The molecular formula is C27H28FN7O3. The standard InChI is InChI=1S/C27H28FN7O3/c1-3-20(7-5-13-38-2)17-34-24(26(36)30-16-22-6-4-12-29-15-22)14-25(32-34)33-19-31-35(27(33)37)18-21-8-10-23(28)11-9-21/h3-12,14-15,19H,13,16-18H2,1-2H3,(H,30,36). The monoisotopic (exact) mass is 517 g/mol. The quantitative estimate of drug-likeness (QED) is 0.307. The van der Waals surface area contributed by atoms with E-state index in [-0.39, 0.29) is 36.3 Å². The molecule has 0 aliphatic carbocycles. The van der Waals surface area contributed by atoms with Crippen molar-refractivity contribution in [3.8, 4) is 5.82 Å². The summed E-state index contributed by atoms with van der Waals surface area (Å²) < 4.78 is 22.4. The molecule has 196 valence electrons. The first kappa shape index (κ1) is 26.4. The van der Waals surface area contributed by atoms with Crippen molar-refractivity contribution in [3.63, 3.8) is 0 Å². The Morgan fingerprint density at radius 1 is 1.16 bits per heavy atom. The molecule has 10 nitrogen and oxygen atoms in total. The molecule has 38 heavy (non-hydrogen) atoms. The molecule has 1 N–H and O–H groups in total. The summed E-state index contributed by atoms with van der Waals surface area (Å²) in [5.41, 5.74) is 2.31. The van der Waals surface area contributed by atoms with Crippen molar-refractivity contribution in [3.05, 3.63) is 118 Å². The van der Waals surface area contributed by atoms with Crippen LogP contribution in [0.15, 0.2) is 89.8 Å². The summed E-state index contributed by atoms with van der Waals surface area (Å²) in [6.07, 6.45) is 10.4. The second-order valence-corrected chi connectivity index (χ2v) is 8.38. The lowest BCUT2D eigenvalue weighted by molar-refractivity contribution is 0.0940. The van der Waals surface area contributed by atoms with Gasteiger partial charge in [-0.2, -0.15) is 10.2 Å². The number of pyridine rings is 1. The highest BCUT2D eigenvalue weighted by molar-refractivity contribution is 5.93. The molecule has 4 aromatic rings. The average Bonchev–Trinajstić information content (AvgIpc) is 3.51. The van der Waals surface area contributed by atoms with Gasteiger partial charge < -0.3 is 10.1 Å².